The molecule has 4 rings (SSSR count). The van der Waals surface area contributed by atoms with Gasteiger partial charge in [0, 0.05) is 13.1 Å². The van der Waals surface area contributed by atoms with E-state index in [0.29, 0.717) is 24.6 Å². The fourth-order valence-electron chi connectivity index (χ4n) is 4.67. The number of β-amino-alcohol motifs (C(OH)–C–C–N with tert-alkyl or cyclic N) is 2. The van der Waals surface area contributed by atoms with Crippen LogP contribution in [-0.4, -0.2) is 93.1 Å². The molecule has 2 aromatic rings. The Kier molecular flexibility index (Phi) is 9.97. The van der Waals surface area contributed by atoms with Crippen molar-refractivity contribution in [2.75, 3.05) is 52.5 Å². The summed E-state index contributed by atoms with van der Waals surface area (Å²) in [4.78, 5) is 4.36. The van der Waals surface area contributed by atoms with E-state index in [0.717, 1.165) is 51.9 Å². The third-order valence-corrected chi connectivity index (χ3v) is 8.96. The first kappa shape index (κ1) is 28.4. The van der Waals surface area contributed by atoms with Gasteiger partial charge in [0.15, 0.2) is 0 Å². The van der Waals surface area contributed by atoms with Crippen LogP contribution in [0.25, 0.3) is 0 Å². The molecule has 2 aromatic carbocycles. The van der Waals surface area contributed by atoms with E-state index in [1.807, 2.05) is 0 Å². The molecule has 0 spiro atoms. The number of sulfone groups is 1. The van der Waals surface area contributed by atoms with Gasteiger partial charge in [0.1, 0.15) is 36.9 Å². The largest absolute Gasteiger partial charge is 0.489 e. The number of nitrogens with zero attached hydrogens (tertiary/aromatic N) is 2. The van der Waals surface area contributed by atoms with Crippen molar-refractivity contribution in [3.05, 3.63) is 46.4 Å². The zero-order valence-electron chi connectivity index (χ0n) is 20.7. The molecular weight excluding hydrogens is 539 g/mol. The van der Waals surface area contributed by atoms with E-state index in [1.54, 1.807) is 0 Å². The predicted octanol–water partition coefficient (Wildman–Crippen LogP) is 3.50. The molecule has 2 N–H and O–H groups in total. The summed E-state index contributed by atoms with van der Waals surface area (Å²) in [5.74, 6) is 0.603. The Labute approximate surface area is 228 Å². The zero-order chi connectivity index (χ0) is 26.4. The molecule has 8 nitrogen and oxygen atoms in total. The Morgan fingerprint density at radius 1 is 0.730 bits per heavy atom. The lowest BCUT2D eigenvalue weighted by Gasteiger charge is -2.20. The van der Waals surface area contributed by atoms with Gasteiger partial charge in [-0.15, -0.1) is 0 Å². The molecule has 0 unspecified atom stereocenters. The lowest BCUT2D eigenvalue weighted by molar-refractivity contribution is 0.0758. The van der Waals surface area contributed by atoms with Gasteiger partial charge in [-0.25, -0.2) is 8.42 Å². The van der Waals surface area contributed by atoms with Crippen molar-refractivity contribution >= 4 is 33.0 Å². The fourth-order valence-corrected chi connectivity index (χ4v) is 6.58. The maximum Gasteiger partial charge on any atom is 0.206 e. The molecule has 37 heavy (non-hydrogen) atoms. The molecule has 0 amide bonds. The van der Waals surface area contributed by atoms with Gasteiger partial charge in [-0.05, 0) is 88.3 Å². The van der Waals surface area contributed by atoms with E-state index >= 15 is 0 Å². The molecule has 2 heterocycles. The quantitative estimate of drug-likeness (QED) is 0.398. The van der Waals surface area contributed by atoms with E-state index in [2.05, 4.69) is 9.80 Å². The van der Waals surface area contributed by atoms with Crippen molar-refractivity contribution in [2.24, 2.45) is 0 Å². The van der Waals surface area contributed by atoms with Crippen LogP contribution in [0.3, 0.4) is 0 Å². The summed E-state index contributed by atoms with van der Waals surface area (Å²) in [6.07, 6.45) is 3.22. The minimum absolute atomic E-state index is 0.00626. The number of benzene rings is 2. The Balaban J connectivity index is 1.35. The van der Waals surface area contributed by atoms with Gasteiger partial charge in [0.05, 0.1) is 19.8 Å². The number of halogens is 2. The number of aliphatic hydroxyl groups excluding tert-OH is 2. The fraction of sp³-hybridized carbons (Fsp3) is 0.538. The molecule has 2 aliphatic heterocycles. The van der Waals surface area contributed by atoms with Crippen molar-refractivity contribution in [3.63, 3.8) is 0 Å². The highest BCUT2D eigenvalue weighted by Crippen LogP contribution is 2.33. The van der Waals surface area contributed by atoms with Gasteiger partial charge in [0.25, 0.3) is 0 Å². The monoisotopic (exact) mass is 572 g/mol. The highest BCUT2D eigenvalue weighted by Gasteiger charge is 2.22. The summed E-state index contributed by atoms with van der Waals surface area (Å²) in [6, 6.07) is 8.45. The maximum absolute atomic E-state index is 13.2. The molecule has 0 aromatic heterocycles. The predicted molar refractivity (Wildman–Crippen MR) is 143 cm³/mol. The Morgan fingerprint density at radius 3 is 1.46 bits per heavy atom. The highest BCUT2D eigenvalue weighted by molar-refractivity contribution is 7.91. The van der Waals surface area contributed by atoms with Crippen LogP contribution in [0, 0.1) is 0 Å². The Hall–Kier alpha value is -1.59. The summed E-state index contributed by atoms with van der Waals surface area (Å²) in [7, 11) is -3.90. The molecule has 11 heteroatoms. The van der Waals surface area contributed by atoms with Gasteiger partial charge >= 0.3 is 0 Å². The number of hydrogen-bond donors (Lipinski definition) is 2. The van der Waals surface area contributed by atoms with E-state index in [1.165, 1.54) is 36.4 Å². The van der Waals surface area contributed by atoms with Crippen LogP contribution >= 0.6 is 23.2 Å². The van der Waals surface area contributed by atoms with Crippen LogP contribution in [-0.2, 0) is 9.84 Å². The second-order valence-electron chi connectivity index (χ2n) is 9.63. The van der Waals surface area contributed by atoms with E-state index < -0.39 is 22.0 Å². The van der Waals surface area contributed by atoms with Gasteiger partial charge in [-0.1, -0.05) is 23.2 Å². The van der Waals surface area contributed by atoms with Crippen molar-refractivity contribution in [2.45, 2.75) is 47.7 Å². The van der Waals surface area contributed by atoms with Gasteiger partial charge in [-0.3, -0.25) is 0 Å². The Morgan fingerprint density at radius 2 is 1.11 bits per heavy atom. The number of aliphatic hydroxyl groups is 2. The number of rotatable bonds is 12. The lowest BCUT2D eigenvalue weighted by Crippen LogP contribution is -2.33. The molecule has 0 radical (unpaired) electrons. The first-order valence-corrected chi connectivity index (χ1v) is 14.9. The van der Waals surface area contributed by atoms with Crippen molar-refractivity contribution < 1.29 is 28.1 Å². The van der Waals surface area contributed by atoms with Crippen molar-refractivity contribution in [3.8, 4) is 11.5 Å². The minimum atomic E-state index is -3.90. The van der Waals surface area contributed by atoms with Crippen LogP contribution in [0.1, 0.15) is 25.7 Å². The topological polar surface area (TPSA) is 99.5 Å². The SMILES string of the molecule is O=S(=O)(c1ccc(OC[C@@H](O)CN2CCCC2)c(Cl)c1)c1ccc(OC[C@H](O)CN2CCCC2)c(Cl)c1. The normalized spacial score (nSPS) is 18.7. The van der Waals surface area contributed by atoms with Gasteiger partial charge in [-0.2, -0.15) is 0 Å². The van der Waals surface area contributed by atoms with Crippen LogP contribution in [0.5, 0.6) is 11.5 Å². The molecule has 2 aliphatic rings. The van der Waals surface area contributed by atoms with E-state index in [9.17, 15) is 18.6 Å². The summed E-state index contributed by atoms with van der Waals surface area (Å²) in [5, 5.41) is 20.7. The molecular formula is C26H34Cl2N2O6S. The number of ether oxygens (including phenoxy) is 2. The first-order valence-electron chi connectivity index (χ1n) is 12.6. The summed E-state index contributed by atoms with van der Waals surface area (Å²) in [5.41, 5.74) is 0. The summed E-state index contributed by atoms with van der Waals surface area (Å²) in [6.45, 7) is 5.08. The second-order valence-corrected chi connectivity index (χ2v) is 12.4. The summed E-state index contributed by atoms with van der Waals surface area (Å²) < 4.78 is 37.7. The maximum atomic E-state index is 13.2. The molecule has 0 saturated carbocycles. The van der Waals surface area contributed by atoms with Gasteiger partial charge in [0.2, 0.25) is 9.84 Å². The van der Waals surface area contributed by atoms with Crippen molar-refractivity contribution in [1.82, 2.24) is 9.80 Å². The van der Waals surface area contributed by atoms with E-state index in [-0.39, 0.29) is 33.0 Å². The number of likely N-dealkylation sites (tertiary alicyclic amines) is 2. The molecule has 0 bridgehead atoms. The second kappa shape index (κ2) is 13.0. The molecule has 2 atom stereocenters. The molecule has 204 valence electrons. The van der Waals surface area contributed by atoms with Crippen LogP contribution in [0.15, 0.2) is 46.2 Å². The lowest BCUT2D eigenvalue weighted by atomic mass is 10.3. The molecule has 2 fully saturated rings. The van der Waals surface area contributed by atoms with Crippen LogP contribution in [0.4, 0.5) is 0 Å². The van der Waals surface area contributed by atoms with Gasteiger partial charge < -0.3 is 29.5 Å². The first-order chi connectivity index (χ1) is 17.7. The molecule has 0 aliphatic carbocycles. The third kappa shape index (κ3) is 7.72. The minimum Gasteiger partial charge on any atom is -0.489 e. The van der Waals surface area contributed by atoms with Crippen molar-refractivity contribution in [1.29, 1.82) is 0 Å². The van der Waals surface area contributed by atoms with E-state index in [4.69, 9.17) is 32.7 Å². The highest BCUT2D eigenvalue weighted by atomic mass is 35.5. The number of hydrogen-bond acceptors (Lipinski definition) is 8. The average Bonchev–Trinajstić information content (AvgIpc) is 3.57. The van der Waals surface area contributed by atoms with Crippen LogP contribution < -0.4 is 9.47 Å². The Bertz CT molecular complexity index is 1070. The smallest absolute Gasteiger partial charge is 0.206 e. The van der Waals surface area contributed by atoms with Crippen LogP contribution in [0.2, 0.25) is 10.0 Å². The third-order valence-electron chi connectivity index (χ3n) is 6.63. The zero-order valence-corrected chi connectivity index (χ0v) is 23.0. The molecule has 2 saturated heterocycles. The standard InChI is InChI=1S/C26H34Cl2N2O6S/c27-23-13-21(5-7-25(23)35-17-19(31)15-29-9-1-2-10-29)37(33,34)22-6-8-26(24(28)14-22)36-18-20(32)16-30-11-3-4-12-30/h5-8,13-14,19-20,31-32H,1-4,9-12,15-18H2/t19-,20+. The summed E-state index contributed by atoms with van der Waals surface area (Å²) >= 11 is 12.6. The average molecular weight is 574 g/mol.